The number of hydrogen-bond donors (Lipinski definition) is 2. The number of alkyl carbamates (subject to hydrolysis) is 1. The number of rotatable bonds is 17. The fourth-order valence-corrected chi connectivity index (χ4v) is 2.64. The van der Waals surface area contributed by atoms with E-state index in [0.29, 0.717) is 25.8 Å². The van der Waals surface area contributed by atoms with Crippen LogP contribution in [-0.4, -0.2) is 64.3 Å². The Morgan fingerprint density at radius 2 is 1.53 bits per heavy atom. The van der Waals surface area contributed by atoms with Gasteiger partial charge in [-0.15, -0.1) is 0 Å². The summed E-state index contributed by atoms with van der Waals surface area (Å²) >= 11 is 0. The summed E-state index contributed by atoms with van der Waals surface area (Å²) < 4.78 is 19.8. The molecule has 0 fully saturated rings. The quantitative estimate of drug-likeness (QED) is 0.119. The van der Waals surface area contributed by atoms with E-state index in [1.165, 1.54) is 0 Å². The highest BCUT2D eigenvalue weighted by Gasteiger charge is 2.22. The average Bonchev–Trinajstić information content (AvgIpc) is 2.70. The molecule has 172 valence electrons. The summed E-state index contributed by atoms with van der Waals surface area (Å²) in [7, 11) is 0. The van der Waals surface area contributed by atoms with Gasteiger partial charge in [-0.1, -0.05) is 33.9 Å². The summed E-state index contributed by atoms with van der Waals surface area (Å²) in [6.45, 7) is 15.1. The number of nitrogens with one attached hydrogen (secondary N) is 2. The van der Waals surface area contributed by atoms with Crippen molar-refractivity contribution in [3.05, 3.63) is 25.3 Å². The third-order valence-corrected chi connectivity index (χ3v) is 4.00. The van der Waals surface area contributed by atoms with Crippen LogP contribution in [0.1, 0.15) is 33.6 Å². The Bertz CT molecular complexity index is 549. The molecule has 0 rings (SSSR count). The zero-order chi connectivity index (χ0) is 22.8. The van der Waals surface area contributed by atoms with Crippen molar-refractivity contribution in [1.82, 2.24) is 10.6 Å². The van der Waals surface area contributed by atoms with Crippen molar-refractivity contribution in [2.75, 3.05) is 46.2 Å². The van der Waals surface area contributed by atoms with Crippen LogP contribution in [0, 0.1) is 11.3 Å². The number of ether oxygens (including phenoxy) is 4. The Kier molecular flexibility index (Phi) is 15.1. The van der Waals surface area contributed by atoms with Gasteiger partial charge in [0.2, 0.25) is 0 Å². The number of esters is 2. The first kappa shape index (κ1) is 27.6. The van der Waals surface area contributed by atoms with Gasteiger partial charge >= 0.3 is 18.0 Å². The summed E-state index contributed by atoms with van der Waals surface area (Å²) in [5.74, 6) is -0.568. The van der Waals surface area contributed by atoms with E-state index in [-0.39, 0.29) is 25.2 Å². The van der Waals surface area contributed by atoms with Crippen LogP contribution in [0.2, 0.25) is 0 Å². The maximum atomic E-state index is 11.7. The highest BCUT2D eigenvalue weighted by Crippen LogP contribution is 2.26. The topological polar surface area (TPSA) is 112 Å². The van der Waals surface area contributed by atoms with Crippen molar-refractivity contribution < 1.29 is 33.3 Å². The molecule has 9 nitrogen and oxygen atoms in total. The van der Waals surface area contributed by atoms with E-state index in [2.05, 4.69) is 44.6 Å². The monoisotopic (exact) mass is 428 g/mol. The normalized spacial score (nSPS) is 11.8. The van der Waals surface area contributed by atoms with Crippen LogP contribution >= 0.6 is 0 Å². The molecular formula is C21H36N2O7. The van der Waals surface area contributed by atoms with E-state index in [4.69, 9.17) is 18.9 Å². The lowest BCUT2D eigenvalue weighted by Crippen LogP contribution is -2.36. The van der Waals surface area contributed by atoms with Crippen molar-refractivity contribution >= 4 is 18.0 Å². The molecule has 0 aromatic heterocycles. The zero-order valence-corrected chi connectivity index (χ0v) is 18.4. The highest BCUT2D eigenvalue weighted by atomic mass is 16.6. The molecule has 0 aromatic carbocycles. The number of carbonyl (C=O) groups excluding carboxylic acids is 3. The second kappa shape index (κ2) is 16.4. The molecule has 2 N–H and O–H groups in total. The van der Waals surface area contributed by atoms with Crippen LogP contribution in [0.4, 0.5) is 4.79 Å². The average molecular weight is 429 g/mol. The molecule has 1 amide bonds. The zero-order valence-electron chi connectivity index (χ0n) is 18.4. The standard InChI is InChI=1S/C21H36N2O7/c1-6-18(24)28-11-10-27-16-22-9-8-17(3)14-21(4,5)15-23-20(26)30-13-12-29-19(25)7-2/h6-7,17,22H,1-2,8-16H2,3-5H3,(H,23,26). The lowest BCUT2D eigenvalue weighted by molar-refractivity contribution is -0.139. The van der Waals surface area contributed by atoms with Gasteiger partial charge in [0.15, 0.2) is 0 Å². The molecule has 1 atom stereocenters. The molecule has 0 saturated heterocycles. The summed E-state index contributed by atoms with van der Waals surface area (Å²) in [6, 6.07) is 0. The Balaban J connectivity index is 3.78. The van der Waals surface area contributed by atoms with Gasteiger partial charge in [0, 0.05) is 18.7 Å². The van der Waals surface area contributed by atoms with E-state index < -0.39 is 18.0 Å². The molecule has 0 aromatic rings. The Labute approximate surface area is 179 Å². The van der Waals surface area contributed by atoms with Crippen LogP contribution in [-0.2, 0) is 28.5 Å². The van der Waals surface area contributed by atoms with Crippen LogP contribution in [0.25, 0.3) is 0 Å². The Morgan fingerprint density at radius 3 is 2.13 bits per heavy atom. The number of amides is 1. The predicted molar refractivity (Wildman–Crippen MR) is 113 cm³/mol. The fourth-order valence-electron chi connectivity index (χ4n) is 2.64. The van der Waals surface area contributed by atoms with E-state index >= 15 is 0 Å². The van der Waals surface area contributed by atoms with Gasteiger partial charge in [-0.25, -0.2) is 14.4 Å². The fraction of sp³-hybridized carbons (Fsp3) is 0.667. The summed E-state index contributed by atoms with van der Waals surface area (Å²) in [4.78, 5) is 33.4. The van der Waals surface area contributed by atoms with Crippen LogP contribution in [0.15, 0.2) is 25.3 Å². The van der Waals surface area contributed by atoms with Gasteiger partial charge in [0.1, 0.15) is 19.8 Å². The molecule has 0 aliphatic heterocycles. The minimum atomic E-state index is -0.552. The predicted octanol–water partition coefficient (Wildman–Crippen LogP) is 2.18. The van der Waals surface area contributed by atoms with E-state index in [9.17, 15) is 14.4 Å². The Hall–Kier alpha value is -2.39. The van der Waals surface area contributed by atoms with Crippen LogP contribution in [0.3, 0.4) is 0 Å². The third kappa shape index (κ3) is 16.6. The van der Waals surface area contributed by atoms with Crippen molar-refractivity contribution in [3.63, 3.8) is 0 Å². The molecule has 0 aliphatic carbocycles. The molecule has 0 heterocycles. The van der Waals surface area contributed by atoms with Crippen molar-refractivity contribution in [2.24, 2.45) is 11.3 Å². The van der Waals surface area contributed by atoms with Crippen molar-refractivity contribution in [1.29, 1.82) is 0 Å². The lowest BCUT2D eigenvalue weighted by atomic mass is 9.82. The Morgan fingerprint density at radius 1 is 0.967 bits per heavy atom. The SMILES string of the molecule is C=CC(=O)OCCOCNCCC(C)CC(C)(C)CNC(=O)OCCOC(=O)C=C. The molecule has 0 aliphatic rings. The smallest absolute Gasteiger partial charge is 0.407 e. The first-order chi connectivity index (χ1) is 14.2. The second-order valence-electron chi connectivity index (χ2n) is 7.55. The van der Waals surface area contributed by atoms with Gasteiger partial charge in [-0.2, -0.15) is 0 Å². The molecule has 0 saturated carbocycles. The molecule has 0 bridgehead atoms. The molecule has 1 unspecified atom stereocenters. The molecular weight excluding hydrogens is 392 g/mol. The first-order valence-corrected chi connectivity index (χ1v) is 9.97. The van der Waals surface area contributed by atoms with Gasteiger partial charge in [0.25, 0.3) is 0 Å². The van der Waals surface area contributed by atoms with Crippen LogP contribution < -0.4 is 10.6 Å². The molecule has 0 radical (unpaired) electrons. The molecule has 30 heavy (non-hydrogen) atoms. The number of hydrogen-bond acceptors (Lipinski definition) is 8. The van der Waals surface area contributed by atoms with Gasteiger partial charge < -0.3 is 24.3 Å². The molecule has 9 heteroatoms. The van der Waals surface area contributed by atoms with Gasteiger partial charge in [-0.05, 0) is 30.7 Å². The van der Waals surface area contributed by atoms with E-state index in [1.807, 2.05) is 0 Å². The summed E-state index contributed by atoms with van der Waals surface area (Å²) in [5, 5.41) is 5.92. The van der Waals surface area contributed by atoms with Crippen LogP contribution in [0.5, 0.6) is 0 Å². The highest BCUT2D eigenvalue weighted by molar-refractivity contribution is 5.81. The second-order valence-corrected chi connectivity index (χ2v) is 7.55. The van der Waals surface area contributed by atoms with E-state index in [1.54, 1.807) is 0 Å². The van der Waals surface area contributed by atoms with Crippen molar-refractivity contribution in [3.8, 4) is 0 Å². The van der Waals surface area contributed by atoms with Gasteiger partial charge in [0.05, 0.1) is 13.3 Å². The van der Waals surface area contributed by atoms with Crippen molar-refractivity contribution in [2.45, 2.75) is 33.6 Å². The summed E-state index contributed by atoms with van der Waals surface area (Å²) in [6.07, 6.45) is 3.50. The maximum Gasteiger partial charge on any atom is 0.407 e. The summed E-state index contributed by atoms with van der Waals surface area (Å²) in [5.41, 5.74) is -0.0979. The lowest BCUT2D eigenvalue weighted by Gasteiger charge is -2.28. The van der Waals surface area contributed by atoms with E-state index in [0.717, 1.165) is 31.5 Å². The number of carbonyl (C=O) groups is 3. The van der Waals surface area contributed by atoms with Gasteiger partial charge in [-0.3, -0.25) is 5.32 Å². The minimum absolute atomic E-state index is 0.00458. The maximum absolute atomic E-state index is 11.7. The first-order valence-electron chi connectivity index (χ1n) is 9.97. The molecule has 0 spiro atoms. The minimum Gasteiger partial charge on any atom is -0.460 e. The largest absolute Gasteiger partial charge is 0.460 e. The third-order valence-electron chi connectivity index (χ3n) is 4.00.